The molecule has 2 aromatic rings. The summed E-state index contributed by atoms with van der Waals surface area (Å²) in [6.45, 7) is 0. The van der Waals surface area contributed by atoms with Crippen LogP contribution < -0.4 is 0 Å². The van der Waals surface area contributed by atoms with Gasteiger partial charge in [0.05, 0.1) is 4.90 Å². The molecule has 0 aliphatic heterocycles. The summed E-state index contributed by atoms with van der Waals surface area (Å²) >= 11 is 12.3. The molecule has 0 saturated heterocycles. The smallest absolute Gasteiger partial charge is 0.231 e. The number of hydrogen-bond acceptors (Lipinski definition) is 3. The van der Waals surface area contributed by atoms with Crippen LogP contribution in [0, 0.1) is 0 Å². The van der Waals surface area contributed by atoms with E-state index in [0.29, 0.717) is 9.92 Å². The van der Waals surface area contributed by atoms with E-state index in [2.05, 4.69) is 9.97 Å². The molecule has 0 radical (unpaired) electrons. The average Bonchev–Trinajstić information content (AvgIpc) is 2.33. The first-order valence-electron chi connectivity index (χ1n) is 4.89. The number of nitrogens with zero attached hydrogens (tertiary/aromatic N) is 2. The Labute approximate surface area is 121 Å². The third kappa shape index (κ3) is 3.52. The average molecular weight is 325 g/mol. The van der Waals surface area contributed by atoms with Crippen molar-refractivity contribution in [1.82, 2.24) is 9.97 Å². The van der Waals surface area contributed by atoms with Gasteiger partial charge in [-0.1, -0.05) is 35.0 Å². The zero-order chi connectivity index (χ0) is 14.0. The highest BCUT2D eigenvalue weighted by atomic mass is 35.5. The van der Waals surface area contributed by atoms with Crippen molar-refractivity contribution >= 4 is 35.0 Å². The monoisotopic (exact) mass is 324 g/mol. The van der Waals surface area contributed by atoms with Gasteiger partial charge in [0.15, 0.2) is 5.69 Å². The van der Waals surface area contributed by atoms with Crippen LogP contribution in [0.15, 0.2) is 40.4 Å². The van der Waals surface area contributed by atoms with E-state index in [1.807, 2.05) is 0 Å². The van der Waals surface area contributed by atoms with Gasteiger partial charge in [-0.2, -0.15) is 13.2 Å². The summed E-state index contributed by atoms with van der Waals surface area (Å²) in [6.07, 6.45) is -3.79. The van der Waals surface area contributed by atoms with Crippen molar-refractivity contribution in [2.24, 2.45) is 0 Å². The fourth-order valence-electron chi connectivity index (χ4n) is 1.27. The maximum Gasteiger partial charge on any atom is 0.434 e. The number of halogens is 5. The Morgan fingerprint density at radius 2 is 1.63 bits per heavy atom. The summed E-state index contributed by atoms with van der Waals surface area (Å²) in [5.74, 6) is 0. The van der Waals surface area contributed by atoms with Gasteiger partial charge in [-0.05, 0) is 24.3 Å². The van der Waals surface area contributed by atoms with Crippen molar-refractivity contribution in [2.45, 2.75) is 16.0 Å². The van der Waals surface area contributed by atoms with Crippen LogP contribution in [0.2, 0.25) is 10.2 Å². The lowest BCUT2D eigenvalue weighted by molar-refractivity contribution is -0.143. The summed E-state index contributed by atoms with van der Waals surface area (Å²) in [6, 6.07) is 6.34. The van der Waals surface area contributed by atoms with Gasteiger partial charge in [-0.15, -0.1) is 0 Å². The largest absolute Gasteiger partial charge is 0.434 e. The summed E-state index contributed by atoms with van der Waals surface area (Å²) < 4.78 is 38.4. The molecule has 1 aromatic heterocycles. The molecule has 2 nitrogen and oxygen atoms in total. The van der Waals surface area contributed by atoms with Gasteiger partial charge in [-0.3, -0.25) is 0 Å². The van der Waals surface area contributed by atoms with Gasteiger partial charge >= 0.3 is 6.18 Å². The van der Waals surface area contributed by atoms with Gasteiger partial charge in [0.2, 0.25) is 0 Å². The Bertz CT molecular complexity index is 587. The number of aromatic nitrogens is 2. The van der Waals surface area contributed by atoms with Gasteiger partial charge in [-0.25, -0.2) is 9.97 Å². The highest BCUT2D eigenvalue weighted by Crippen LogP contribution is 2.41. The van der Waals surface area contributed by atoms with Crippen LogP contribution in [0.3, 0.4) is 0 Å². The fourth-order valence-corrected chi connectivity index (χ4v) is 2.55. The highest BCUT2D eigenvalue weighted by Gasteiger charge is 2.37. The molecule has 2 rings (SSSR count). The second-order valence-corrected chi connectivity index (χ2v) is 5.27. The molecule has 0 amide bonds. The molecule has 1 heterocycles. The summed E-state index contributed by atoms with van der Waals surface area (Å²) in [5, 5.41) is 0.262. The second kappa shape index (κ2) is 5.56. The van der Waals surface area contributed by atoms with Crippen LogP contribution >= 0.6 is 35.0 Å². The van der Waals surface area contributed by atoms with Crippen LogP contribution in [0.1, 0.15) is 5.69 Å². The standard InChI is InChI=1S/C11H5Cl2F3N2S/c12-6-1-3-7(4-2-6)19-8-9(11(14,15)16)17-5-18-10(8)13/h1-5H. The topological polar surface area (TPSA) is 25.8 Å². The molecule has 0 aliphatic rings. The highest BCUT2D eigenvalue weighted by molar-refractivity contribution is 7.99. The van der Waals surface area contributed by atoms with E-state index in [4.69, 9.17) is 23.2 Å². The Hall–Kier alpha value is -0.980. The third-order valence-electron chi connectivity index (χ3n) is 2.06. The maximum atomic E-state index is 12.8. The maximum absolute atomic E-state index is 12.8. The van der Waals surface area contributed by atoms with Crippen LogP contribution in [0.25, 0.3) is 0 Å². The van der Waals surface area contributed by atoms with Gasteiger partial charge in [0.25, 0.3) is 0 Å². The van der Waals surface area contributed by atoms with E-state index in [1.165, 1.54) is 0 Å². The first kappa shape index (κ1) is 14.4. The molecule has 100 valence electrons. The van der Waals surface area contributed by atoms with Crippen molar-refractivity contribution in [3.05, 3.63) is 46.5 Å². The van der Waals surface area contributed by atoms with E-state index >= 15 is 0 Å². The minimum atomic E-state index is -4.58. The molecule has 0 fully saturated rings. The van der Waals surface area contributed by atoms with Gasteiger partial charge < -0.3 is 0 Å². The summed E-state index contributed by atoms with van der Waals surface area (Å²) in [7, 11) is 0. The molecular formula is C11H5Cl2F3N2S. The van der Waals surface area contributed by atoms with E-state index in [9.17, 15) is 13.2 Å². The first-order valence-corrected chi connectivity index (χ1v) is 6.46. The zero-order valence-corrected chi connectivity index (χ0v) is 11.4. The molecule has 0 unspecified atom stereocenters. The van der Waals surface area contributed by atoms with E-state index < -0.39 is 11.9 Å². The molecule has 0 saturated carbocycles. The minimum Gasteiger partial charge on any atom is -0.231 e. The molecule has 8 heteroatoms. The van der Waals surface area contributed by atoms with Gasteiger partial charge in [0.1, 0.15) is 11.5 Å². The van der Waals surface area contributed by atoms with E-state index in [0.717, 1.165) is 18.1 Å². The Morgan fingerprint density at radius 3 is 2.21 bits per heavy atom. The van der Waals surface area contributed by atoms with Crippen molar-refractivity contribution < 1.29 is 13.2 Å². The van der Waals surface area contributed by atoms with Crippen molar-refractivity contribution in [1.29, 1.82) is 0 Å². The van der Waals surface area contributed by atoms with Crippen LogP contribution in [0.4, 0.5) is 13.2 Å². The Morgan fingerprint density at radius 1 is 1.00 bits per heavy atom. The molecule has 0 aliphatic carbocycles. The van der Waals surface area contributed by atoms with Crippen LogP contribution in [0.5, 0.6) is 0 Å². The molecule has 1 aromatic carbocycles. The summed E-state index contributed by atoms with van der Waals surface area (Å²) in [5.41, 5.74) is -1.05. The molecule has 0 bridgehead atoms. The van der Waals surface area contributed by atoms with Crippen molar-refractivity contribution in [2.75, 3.05) is 0 Å². The summed E-state index contributed by atoms with van der Waals surface area (Å²) in [4.78, 5) is 7.17. The Kier molecular flexibility index (Phi) is 4.23. The SMILES string of the molecule is FC(F)(F)c1ncnc(Cl)c1Sc1ccc(Cl)cc1. The molecule has 0 N–H and O–H groups in total. The van der Waals surface area contributed by atoms with Gasteiger partial charge in [0, 0.05) is 9.92 Å². The van der Waals surface area contributed by atoms with Crippen LogP contribution in [-0.2, 0) is 6.18 Å². The third-order valence-corrected chi connectivity index (χ3v) is 3.81. The lowest BCUT2D eigenvalue weighted by atomic mass is 10.4. The number of rotatable bonds is 2. The van der Waals surface area contributed by atoms with Crippen molar-refractivity contribution in [3.8, 4) is 0 Å². The predicted octanol–water partition coefficient (Wildman–Crippen LogP) is 4.95. The van der Waals surface area contributed by atoms with E-state index in [-0.39, 0.29) is 10.0 Å². The number of benzene rings is 1. The van der Waals surface area contributed by atoms with Crippen LogP contribution in [-0.4, -0.2) is 9.97 Å². The van der Waals surface area contributed by atoms with E-state index in [1.54, 1.807) is 24.3 Å². The number of alkyl halides is 3. The lowest BCUT2D eigenvalue weighted by Gasteiger charge is -2.11. The molecule has 0 spiro atoms. The fraction of sp³-hybridized carbons (Fsp3) is 0.0909. The number of hydrogen-bond donors (Lipinski definition) is 0. The molecular weight excluding hydrogens is 320 g/mol. The lowest BCUT2D eigenvalue weighted by Crippen LogP contribution is -2.10. The Balaban J connectivity index is 2.42. The normalized spacial score (nSPS) is 11.6. The van der Waals surface area contributed by atoms with Crippen molar-refractivity contribution in [3.63, 3.8) is 0 Å². The predicted molar refractivity (Wildman–Crippen MR) is 67.6 cm³/mol. The minimum absolute atomic E-state index is 0.223. The first-order chi connectivity index (χ1) is 8.88. The quantitative estimate of drug-likeness (QED) is 0.731. The molecule has 0 atom stereocenters. The zero-order valence-electron chi connectivity index (χ0n) is 9.08. The molecule has 19 heavy (non-hydrogen) atoms. The second-order valence-electron chi connectivity index (χ2n) is 3.40.